The second kappa shape index (κ2) is 9.23. The predicted octanol–water partition coefficient (Wildman–Crippen LogP) is 4.17. The normalized spacial score (nSPS) is 10.3. The number of methoxy groups -OCH3 is 1. The zero-order chi connectivity index (χ0) is 14.8. The molecule has 0 unspecified atom stereocenters. The third kappa shape index (κ3) is 5.51. The molecule has 0 spiro atoms. The zero-order valence-electron chi connectivity index (χ0n) is 12.4. The monoisotopic (exact) mass is 279 g/mol. The highest BCUT2D eigenvalue weighted by molar-refractivity contribution is 5.89. The van der Waals surface area contributed by atoms with Crippen LogP contribution in [-0.4, -0.2) is 24.7 Å². The van der Waals surface area contributed by atoms with Crippen molar-refractivity contribution in [3.05, 3.63) is 23.8 Å². The summed E-state index contributed by atoms with van der Waals surface area (Å²) in [5.41, 5.74) is 1.10. The van der Waals surface area contributed by atoms with Crippen LogP contribution in [0.4, 0.5) is 5.69 Å². The molecule has 0 fully saturated rings. The largest absolute Gasteiger partial charge is 0.495 e. The van der Waals surface area contributed by atoms with Gasteiger partial charge in [0.15, 0.2) is 0 Å². The second-order valence-corrected chi connectivity index (χ2v) is 4.91. The Balaban J connectivity index is 2.38. The van der Waals surface area contributed by atoms with E-state index in [0.29, 0.717) is 5.75 Å². The third-order valence-electron chi connectivity index (χ3n) is 3.29. The van der Waals surface area contributed by atoms with Crippen molar-refractivity contribution in [1.82, 2.24) is 0 Å². The van der Waals surface area contributed by atoms with E-state index in [1.807, 2.05) is 0 Å². The molecule has 0 aromatic heterocycles. The number of carboxylic acid groups (broad SMARTS) is 1. The van der Waals surface area contributed by atoms with E-state index in [4.69, 9.17) is 9.84 Å². The van der Waals surface area contributed by atoms with Gasteiger partial charge in [0, 0.05) is 6.54 Å². The fourth-order valence-corrected chi connectivity index (χ4v) is 2.10. The number of carbonyl (C=O) groups is 1. The summed E-state index contributed by atoms with van der Waals surface area (Å²) in [6, 6.07) is 4.90. The molecule has 0 heterocycles. The lowest BCUT2D eigenvalue weighted by molar-refractivity contribution is 0.0696. The lowest BCUT2D eigenvalue weighted by atomic mass is 10.1. The van der Waals surface area contributed by atoms with Crippen LogP contribution < -0.4 is 10.1 Å². The molecule has 0 aliphatic heterocycles. The van der Waals surface area contributed by atoms with Crippen LogP contribution in [0.5, 0.6) is 5.75 Å². The number of hydrogen-bond acceptors (Lipinski definition) is 3. The Morgan fingerprint density at radius 2 is 1.90 bits per heavy atom. The van der Waals surface area contributed by atoms with Crippen molar-refractivity contribution in [3.8, 4) is 5.75 Å². The van der Waals surface area contributed by atoms with Gasteiger partial charge in [0.05, 0.1) is 18.4 Å². The van der Waals surface area contributed by atoms with Gasteiger partial charge in [-0.2, -0.15) is 0 Å². The Hall–Kier alpha value is -1.71. The number of hydrogen-bond donors (Lipinski definition) is 2. The van der Waals surface area contributed by atoms with Crippen molar-refractivity contribution in [2.45, 2.75) is 45.4 Å². The summed E-state index contributed by atoms with van der Waals surface area (Å²) in [6.07, 6.45) is 7.52. The maximum atomic E-state index is 10.9. The quantitative estimate of drug-likeness (QED) is 0.631. The van der Waals surface area contributed by atoms with Gasteiger partial charge < -0.3 is 15.2 Å². The molecule has 0 aliphatic rings. The molecule has 0 radical (unpaired) electrons. The van der Waals surface area contributed by atoms with Gasteiger partial charge in [-0.25, -0.2) is 4.79 Å². The summed E-state index contributed by atoms with van der Waals surface area (Å²) in [5.74, 6) is -0.360. The van der Waals surface area contributed by atoms with Gasteiger partial charge in [0.2, 0.25) is 0 Å². The van der Waals surface area contributed by atoms with Crippen LogP contribution in [0.25, 0.3) is 0 Å². The first-order valence-corrected chi connectivity index (χ1v) is 7.34. The van der Waals surface area contributed by atoms with Gasteiger partial charge in [0.1, 0.15) is 5.75 Å². The smallest absolute Gasteiger partial charge is 0.335 e. The van der Waals surface area contributed by atoms with Crippen molar-refractivity contribution in [1.29, 1.82) is 0 Å². The Morgan fingerprint density at radius 3 is 2.55 bits per heavy atom. The SMILES string of the molecule is CCCCCCCCNc1ccc(C(=O)O)cc1OC. The summed E-state index contributed by atoms with van der Waals surface area (Å²) < 4.78 is 5.22. The number of aromatic carboxylic acids is 1. The zero-order valence-corrected chi connectivity index (χ0v) is 12.4. The molecule has 112 valence electrons. The highest BCUT2D eigenvalue weighted by Gasteiger charge is 2.08. The number of anilines is 1. The van der Waals surface area contributed by atoms with E-state index in [-0.39, 0.29) is 5.56 Å². The molecule has 20 heavy (non-hydrogen) atoms. The molecule has 0 atom stereocenters. The van der Waals surface area contributed by atoms with Crippen LogP contribution >= 0.6 is 0 Å². The number of unbranched alkanes of at least 4 members (excludes halogenated alkanes) is 5. The fraction of sp³-hybridized carbons (Fsp3) is 0.562. The van der Waals surface area contributed by atoms with Crippen LogP contribution in [-0.2, 0) is 0 Å². The topological polar surface area (TPSA) is 58.6 Å². The summed E-state index contributed by atoms with van der Waals surface area (Å²) in [4.78, 5) is 10.9. The molecule has 1 rings (SSSR count). The van der Waals surface area contributed by atoms with Gasteiger partial charge in [0.25, 0.3) is 0 Å². The van der Waals surface area contributed by atoms with Gasteiger partial charge >= 0.3 is 5.97 Å². The fourth-order valence-electron chi connectivity index (χ4n) is 2.10. The lowest BCUT2D eigenvalue weighted by Crippen LogP contribution is -2.05. The Labute approximate surface area is 121 Å². The van der Waals surface area contributed by atoms with Gasteiger partial charge in [-0.05, 0) is 24.6 Å². The van der Waals surface area contributed by atoms with Crippen molar-refractivity contribution in [3.63, 3.8) is 0 Å². The van der Waals surface area contributed by atoms with Gasteiger partial charge in [-0.1, -0.05) is 39.0 Å². The summed E-state index contributed by atoms with van der Waals surface area (Å²) >= 11 is 0. The molecular weight excluding hydrogens is 254 g/mol. The van der Waals surface area contributed by atoms with E-state index in [0.717, 1.165) is 18.7 Å². The minimum absolute atomic E-state index is 0.243. The molecule has 4 nitrogen and oxygen atoms in total. The number of ether oxygens (including phenoxy) is 1. The van der Waals surface area contributed by atoms with Crippen LogP contribution in [0.2, 0.25) is 0 Å². The number of nitrogens with one attached hydrogen (secondary N) is 1. The van der Waals surface area contributed by atoms with Crippen molar-refractivity contribution >= 4 is 11.7 Å². The molecule has 4 heteroatoms. The molecule has 0 aliphatic carbocycles. The Kier molecular flexibility index (Phi) is 7.55. The van der Waals surface area contributed by atoms with Crippen molar-refractivity contribution in [2.24, 2.45) is 0 Å². The van der Waals surface area contributed by atoms with Crippen molar-refractivity contribution < 1.29 is 14.6 Å². The average molecular weight is 279 g/mol. The first-order chi connectivity index (χ1) is 9.69. The lowest BCUT2D eigenvalue weighted by Gasteiger charge is -2.11. The number of rotatable bonds is 10. The van der Waals surface area contributed by atoms with Crippen LogP contribution in [0.15, 0.2) is 18.2 Å². The average Bonchev–Trinajstić information content (AvgIpc) is 2.46. The van der Waals surface area contributed by atoms with Gasteiger partial charge in [-0.15, -0.1) is 0 Å². The Morgan fingerprint density at radius 1 is 1.20 bits per heavy atom. The van der Waals surface area contributed by atoms with Gasteiger partial charge in [-0.3, -0.25) is 0 Å². The van der Waals surface area contributed by atoms with E-state index < -0.39 is 5.97 Å². The molecular formula is C16H25NO3. The number of carboxylic acids is 1. The maximum Gasteiger partial charge on any atom is 0.335 e. The van der Waals surface area contributed by atoms with Crippen LogP contribution in [0, 0.1) is 0 Å². The molecule has 0 amide bonds. The number of benzene rings is 1. The predicted molar refractivity (Wildman–Crippen MR) is 81.8 cm³/mol. The molecule has 2 N–H and O–H groups in total. The van der Waals surface area contributed by atoms with E-state index >= 15 is 0 Å². The van der Waals surface area contributed by atoms with Crippen molar-refractivity contribution in [2.75, 3.05) is 19.0 Å². The van der Waals surface area contributed by atoms with Crippen LogP contribution in [0.1, 0.15) is 55.8 Å². The molecule has 0 bridgehead atoms. The third-order valence-corrected chi connectivity index (χ3v) is 3.29. The molecule has 0 saturated carbocycles. The summed E-state index contributed by atoms with van der Waals surface area (Å²) in [5, 5.41) is 12.2. The Bertz CT molecular complexity index is 418. The highest BCUT2D eigenvalue weighted by Crippen LogP contribution is 2.25. The minimum Gasteiger partial charge on any atom is -0.495 e. The van der Waals surface area contributed by atoms with Crippen LogP contribution in [0.3, 0.4) is 0 Å². The highest BCUT2D eigenvalue weighted by atomic mass is 16.5. The molecule has 1 aromatic rings. The summed E-state index contributed by atoms with van der Waals surface area (Å²) in [7, 11) is 1.55. The standard InChI is InChI=1S/C16H25NO3/c1-3-4-5-6-7-8-11-17-14-10-9-13(16(18)19)12-15(14)20-2/h9-10,12,17H,3-8,11H2,1-2H3,(H,18,19). The maximum absolute atomic E-state index is 10.9. The summed E-state index contributed by atoms with van der Waals surface area (Å²) in [6.45, 7) is 3.10. The van der Waals surface area contributed by atoms with E-state index in [1.54, 1.807) is 25.3 Å². The van der Waals surface area contributed by atoms with E-state index in [2.05, 4.69) is 12.2 Å². The first-order valence-electron chi connectivity index (χ1n) is 7.34. The molecule has 0 saturated heterocycles. The first kappa shape index (κ1) is 16.3. The minimum atomic E-state index is -0.939. The van der Waals surface area contributed by atoms with E-state index in [9.17, 15) is 4.79 Å². The molecule has 1 aromatic carbocycles. The van der Waals surface area contributed by atoms with E-state index in [1.165, 1.54) is 32.1 Å². The second-order valence-electron chi connectivity index (χ2n) is 4.91.